The Balaban J connectivity index is 2.27. The molecule has 0 spiro atoms. The number of hydrogen-bond donors (Lipinski definition) is 0. The molecule has 1 fully saturated rings. The van der Waals surface area contributed by atoms with Crippen LogP contribution in [0.3, 0.4) is 0 Å². The molecule has 1 unspecified atom stereocenters. The second kappa shape index (κ2) is 4.84. The first-order chi connectivity index (χ1) is 8.41. The Kier molecular flexibility index (Phi) is 3.57. The largest absolute Gasteiger partial charge is 0.300 e. The van der Waals surface area contributed by atoms with E-state index in [0.29, 0.717) is 23.7 Å². The van der Waals surface area contributed by atoms with Crippen molar-refractivity contribution in [3.8, 4) is 0 Å². The Bertz CT molecular complexity index is 541. The number of carbonyl (C=O) groups excluding carboxylic acids is 1. The van der Waals surface area contributed by atoms with Gasteiger partial charge < -0.3 is 0 Å². The summed E-state index contributed by atoms with van der Waals surface area (Å²) in [6, 6.07) is 7.03. The topological polar surface area (TPSA) is 51.2 Å². The zero-order valence-corrected chi connectivity index (χ0v) is 11.5. The molecule has 0 aromatic heterocycles. The van der Waals surface area contributed by atoms with Crippen molar-refractivity contribution in [2.45, 2.75) is 49.2 Å². The van der Waals surface area contributed by atoms with Crippen molar-refractivity contribution in [3.05, 3.63) is 29.8 Å². The third kappa shape index (κ3) is 2.48. The predicted molar refractivity (Wildman–Crippen MR) is 70.4 cm³/mol. The highest BCUT2D eigenvalue weighted by molar-refractivity contribution is 7.92. The summed E-state index contributed by atoms with van der Waals surface area (Å²) >= 11 is 0. The average molecular weight is 266 g/mol. The van der Waals surface area contributed by atoms with Crippen molar-refractivity contribution in [2.24, 2.45) is 0 Å². The normalized spacial score (nSPS) is 20.6. The van der Waals surface area contributed by atoms with E-state index in [2.05, 4.69) is 13.8 Å². The van der Waals surface area contributed by atoms with Gasteiger partial charge in [0.15, 0.2) is 9.84 Å². The van der Waals surface area contributed by atoms with E-state index in [0.717, 1.165) is 5.56 Å². The maximum Gasteiger partial charge on any atom is 0.181 e. The molecule has 0 saturated heterocycles. The molecule has 0 aliphatic heterocycles. The Morgan fingerprint density at radius 3 is 2.22 bits per heavy atom. The van der Waals surface area contributed by atoms with Gasteiger partial charge in [-0.3, -0.25) is 4.79 Å². The average Bonchev–Trinajstić information content (AvgIpc) is 2.76. The third-order valence-electron chi connectivity index (χ3n) is 3.51. The second-order valence-corrected chi connectivity index (χ2v) is 7.40. The SMILES string of the molecule is CC(C)c1ccc(S(=O)(=O)C2CCC(=O)C2)cc1. The second-order valence-electron chi connectivity index (χ2n) is 5.17. The van der Waals surface area contributed by atoms with Crippen molar-refractivity contribution in [1.82, 2.24) is 0 Å². The highest BCUT2D eigenvalue weighted by atomic mass is 32.2. The molecule has 0 amide bonds. The van der Waals surface area contributed by atoms with Gasteiger partial charge in [0.1, 0.15) is 5.78 Å². The zero-order chi connectivity index (χ0) is 13.3. The Hall–Kier alpha value is -1.16. The van der Waals surface area contributed by atoms with Crippen molar-refractivity contribution >= 4 is 15.6 Å². The summed E-state index contributed by atoms with van der Waals surface area (Å²) in [7, 11) is -3.33. The van der Waals surface area contributed by atoms with E-state index >= 15 is 0 Å². The lowest BCUT2D eigenvalue weighted by Crippen LogP contribution is -2.18. The third-order valence-corrected chi connectivity index (χ3v) is 5.72. The zero-order valence-electron chi connectivity index (χ0n) is 10.7. The molecule has 1 aromatic rings. The maximum absolute atomic E-state index is 12.3. The van der Waals surface area contributed by atoms with Gasteiger partial charge >= 0.3 is 0 Å². The van der Waals surface area contributed by atoms with Crippen LogP contribution in [0.25, 0.3) is 0 Å². The number of rotatable bonds is 3. The van der Waals surface area contributed by atoms with E-state index in [1.165, 1.54) is 0 Å². The quantitative estimate of drug-likeness (QED) is 0.845. The van der Waals surface area contributed by atoms with Crippen LogP contribution in [0, 0.1) is 0 Å². The molecule has 3 nitrogen and oxygen atoms in total. The van der Waals surface area contributed by atoms with Crippen LogP contribution in [0.2, 0.25) is 0 Å². The van der Waals surface area contributed by atoms with E-state index in [4.69, 9.17) is 0 Å². The first kappa shape index (κ1) is 13.3. The van der Waals surface area contributed by atoms with Gasteiger partial charge in [-0.15, -0.1) is 0 Å². The standard InChI is InChI=1S/C14H18O3S/c1-10(2)11-3-6-13(7-4-11)18(16,17)14-8-5-12(15)9-14/h3-4,6-7,10,14H,5,8-9H2,1-2H3. The van der Waals surface area contributed by atoms with Gasteiger partial charge in [0, 0.05) is 12.8 Å². The molecule has 1 aliphatic rings. The Morgan fingerprint density at radius 1 is 1.17 bits per heavy atom. The Labute approximate surface area is 108 Å². The molecule has 0 radical (unpaired) electrons. The molecule has 18 heavy (non-hydrogen) atoms. The van der Waals surface area contributed by atoms with Gasteiger partial charge in [-0.25, -0.2) is 8.42 Å². The van der Waals surface area contributed by atoms with E-state index in [9.17, 15) is 13.2 Å². The number of Topliss-reactive ketones (excluding diaryl/α,β-unsaturated/α-hetero) is 1. The highest BCUT2D eigenvalue weighted by Gasteiger charge is 2.34. The van der Waals surface area contributed by atoms with Crippen LogP contribution in [0.5, 0.6) is 0 Å². The molecule has 0 bridgehead atoms. The van der Waals surface area contributed by atoms with Crippen LogP contribution < -0.4 is 0 Å². The number of benzene rings is 1. The van der Waals surface area contributed by atoms with Crippen LogP contribution in [0.1, 0.15) is 44.6 Å². The molecular weight excluding hydrogens is 248 g/mol. The lowest BCUT2D eigenvalue weighted by Gasteiger charge is -2.11. The van der Waals surface area contributed by atoms with E-state index < -0.39 is 15.1 Å². The molecule has 2 rings (SSSR count). The molecule has 0 heterocycles. The summed E-state index contributed by atoms with van der Waals surface area (Å²) in [4.78, 5) is 11.5. The maximum atomic E-state index is 12.3. The first-order valence-corrected chi connectivity index (χ1v) is 7.81. The van der Waals surface area contributed by atoms with Crippen LogP contribution in [-0.4, -0.2) is 19.5 Å². The Morgan fingerprint density at radius 2 is 1.78 bits per heavy atom. The van der Waals surface area contributed by atoms with E-state index in [1.54, 1.807) is 12.1 Å². The molecular formula is C14H18O3S. The number of sulfone groups is 1. The van der Waals surface area contributed by atoms with Crippen LogP contribution in [0.4, 0.5) is 0 Å². The summed E-state index contributed by atoms with van der Waals surface area (Å²) < 4.78 is 24.6. The van der Waals surface area contributed by atoms with Gasteiger partial charge in [-0.05, 0) is 30.0 Å². The summed E-state index contributed by atoms with van der Waals surface area (Å²) in [6.07, 6.45) is 1.04. The summed E-state index contributed by atoms with van der Waals surface area (Å²) in [5, 5.41) is -0.519. The first-order valence-electron chi connectivity index (χ1n) is 6.27. The summed E-state index contributed by atoms with van der Waals surface area (Å²) in [5.41, 5.74) is 1.12. The van der Waals surface area contributed by atoms with Gasteiger partial charge in [0.2, 0.25) is 0 Å². The van der Waals surface area contributed by atoms with Crippen LogP contribution in [-0.2, 0) is 14.6 Å². The molecule has 4 heteroatoms. The van der Waals surface area contributed by atoms with Gasteiger partial charge in [-0.2, -0.15) is 0 Å². The fourth-order valence-electron chi connectivity index (χ4n) is 2.28. The van der Waals surface area contributed by atoms with Crippen LogP contribution in [0.15, 0.2) is 29.2 Å². The monoisotopic (exact) mass is 266 g/mol. The molecule has 1 atom stereocenters. The lowest BCUT2D eigenvalue weighted by atomic mass is 10.0. The smallest absolute Gasteiger partial charge is 0.181 e. The van der Waals surface area contributed by atoms with Crippen LogP contribution >= 0.6 is 0 Å². The minimum Gasteiger partial charge on any atom is -0.300 e. The van der Waals surface area contributed by atoms with Gasteiger partial charge in [0.25, 0.3) is 0 Å². The number of ketones is 1. The highest BCUT2D eigenvalue weighted by Crippen LogP contribution is 2.28. The van der Waals surface area contributed by atoms with Crippen molar-refractivity contribution in [2.75, 3.05) is 0 Å². The van der Waals surface area contributed by atoms with Crippen molar-refractivity contribution < 1.29 is 13.2 Å². The fraction of sp³-hybridized carbons (Fsp3) is 0.500. The predicted octanol–water partition coefficient (Wildman–Crippen LogP) is 2.71. The summed E-state index contributed by atoms with van der Waals surface area (Å²) in [5.74, 6) is 0.442. The lowest BCUT2D eigenvalue weighted by molar-refractivity contribution is -0.117. The van der Waals surface area contributed by atoms with E-state index in [1.807, 2.05) is 12.1 Å². The molecule has 0 N–H and O–H groups in total. The molecule has 1 aromatic carbocycles. The fourth-order valence-corrected chi connectivity index (χ4v) is 4.01. The van der Waals surface area contributed by atoms with E-state index in [-0.39, 0.29) is 12.2 Å². The van der Waals surface area contributed by atoms with Crippen molar-refractivity contribution in [3.63, 3.8) is 0 Å². The minimum atomic E-state index is -3.33. The number of hydrogen-bond acceptors (Lipinski definition) is 3. The summed E-state index contributed by atoms with van der Waals surface area (Å²) in [6.45, 7) is 4.14. The van der Waals surface area contributed by atoms with Crippen molar-refractivity contribution in [1.29, 1.82) is 0 Å². The number of carbonyl (C=O) groups is 1. The molecule has 98 valence electrons. The van der Waals surface area contributed by atoms with Gasteiger partial charge in [-0.1, -0.05) is 26.0 Å². The molecule has 1 saturated carbocycles. The van der Waals surface area contributed by atoms with Gasteiger partial charge in [0.05, 0.1) is 10.1 Å². The molecule has 1 aliphatic carbocycles. The minimum absolute atomic E-state index is 0.0578.